The smallest absolute Gasteiger partial charge is 0.217 e. The molecule has 0 saturated heterocycles. The fourth-order valence-electron chi connectivity index (χ4n) is 4.90. The molecule has 1 atom stereocenters. The SMILES string of the molecule is Cn1c(-c2ccc(-c3ccccc3)cc2)cnc1C(Cc1ccccn1)N(C=O)c1cc2cc(Br)ccc2o1. The van der Waals surface area contributed by atoms with Gasteiger partial charge in [0.1, 0.15) is 17.4 Å². The standard InChI is InChI=1S/C32H25BrN4O2/c1-36-29(24-12-10-23(11-13-24)22-7-3-2-4-8-22)20-35-32(36)28(19-27-9-5-6-16-34-27)37(21-38)31-18-25-17-26(33)14-15-30(25)39-31/h2-18,20-21,28H,19H2,1H3. The molecular formula is C32H25BrN4O2. The van der Waals surface area contributed by atoms with E-state index in [0.29, 0.717) is 17.9 Å². The summed E-state index contributed by atoms with van der Waals surface area (Å²) in [7, 11) is 1.98. The highest BCUT2D eigenvalue weighted by molar-refractivity contribution is 9.10. The first-order valence-electron chi connectivity index (χ1n) is 12.6. The Morgan fingerprint density at radius 2 is 1.64 bits per heavy atom. The number of hydrogen-bond acceptors (Lipinski definition) is 4. The van der Waals surface area contributed by atoms with Crippen LogP contribution in [0.25, 0.3) is 33.4 Å². The van der Waals surface area contributed by atoms with Crippen molar-refractivity contribution < 1.29 is 9.21 Å². The summed E-state index contributed by atoms with van der Waals surface area (Å²) in [6, 6.07) is 31.7. The molecular weight excluding hydrogens is 552 g/mol. The third-order valence-electron chi connectivity index (χ3n) is 6.91. The number of benzene rings is 3. The van der Waals surface area contributed by atoms with E-state index < -0.39 is 6.04 Å². The number of rotatable bonds is 8. The second kappa shape index (κ2) is 10.7. The zero-order valence-electron chi connectivity index (χ0n) is 21.2. The monoisotopic (exact) mass is 576 g/mol. The first-order chi connectivity index (χ1) is 19.1. The van der Waals surface area contributed by atoms with Crippen LogP contribution < -0.4 is 4.90 Å². The first-order valence-corrected chi connectivity index (χ1v) is 13.4. The van der Waals surface area contributed by atoms with Crippen molar-refractivity contribution in [1.29, 1.82) is 0 Å². The van der Waals surface area contributed by atoms with Crippen LogP contribution in [0.3, 0.4) is 0 Å². The molecule has 3 aromatic carbocycles. The quantitative estimate of drug-likeness (QED) is 0.175. The van der Waals surface area contributed by atoms with Crippen LogP contribution in [0.2, 0.25) is 0 Å². The highest BCUT2D eigenvalue weighted by Crippen LogP contribution is 2.35. The van der Waals surface area contributed by atoms with E-state index >= 15 is 0 Å². The Morgan fingerprint density at radius 1 is 0.897 bits per heavy atom. The molecule has 39 heavy (non-hydrogen) atoms. The van der Waals surface area contributed by atoms with Gasteiger partial charge in [0.15, 0.2) is 0 Å². The molecule has 0 N–H and O–H groups in total. The lowest BCUT2D eigenvalue weighted by atomic mass is 10.0. The number of halogens is 1. The van der Waals surface area contributed by atoms with Crippen molar-refractivity contribution >= 4 is 39.2 Å². The highest BCUT2D eigenvalue weighted by atomic mass is 79.9. The van der Waals surface area contributed by atoms with Crippen LogP contribution in [0.5, 0.6) is 0 Å². The fraction of sp³-hybridized carbons (Fsp3) is 0.0938. The largest absolute Gasteiger partial charge is 0.440 e. The molecule has 0 radical (unpaired) electrons. The van der Waals surface area contributed by atoms with Gasteiger partial charge in [0.25, 0.3) is 0 Å². The van der Waals surface area contributed by atoms with E-state index in [4.69, 9.17) is 9.40 Å². The number of carbonyl (C=O) groups is 1. The van der Waals surface area contributed by atoms with Crippen LogP contribution in [0.15, 0.2) is 118 Å². The molecule has 0 bridgehead atoms. The second-order valence-electron chi connectivity index (χ2n) is 9.32. The Hall–Kier alpha value is -4.49. The number of carbonyl (C=O) groups excluding carboxylic acids is 1. The summed E-state index contributed by atoms with van der Waals surface area (Å²) in [6.45, 7) is 0. The van der Waals surface area contributed by atoms with Gasteiger partial charge in [-0.15, -0.1) is 0 Å². The van der Waals surface area contributed by atoms with E-state index in [9.17, 15) is 4.79 Å². The molecule has 0 aliphatic carbocycles. The van der Waals surface area contributed by atoms with Crippen LogP contribution in [0.4, 0.5) is 5.88 Å². The topological polar surface area (TPSA) is 64.2 Å². The van der Waals surface area contributed by atoms with Gasteiger partial charge in [0.2, 0.25) is 12.3 Å². The zero-order chi connectivity index (χ0) is 26.8. The number of pyridine rings is 1. The van der Waals surface area contributed by atoms with Crippen molar-refractivity contribution in [3.8, 4) is 22.4 Å². The Balaban J connectivity index is 1.39. The number of hydrogen-bond donors (Lipinski definition) is 0. The van der Waals surface area contributed by atoms with Crippen LogP contribution in [-0.2, 0) is 18.3 Å². The molecule has 3 aromatic heterocycles. The number of anilines is 1. The molecule has 0 saturated carbocycles. The van der Waals surface area contributed by atoms with Crippen molar-refractivity contribution in [2.75, 3.05) is 4.90 Å². The van der Waals surface area contributed by atoms with E-state index in [2.05, 4.69) is 57.3 Å². The number of imidazole rings is 1. The maximum Gasteiger partial charge on any atom is 0.217 e. The van der Waals surface area contributed by atoms with Gasteiger partial charge in [-0.3, -0.25) is 14.7 Å². The Labute approximate surface area is 234 Å². The maximum absolute atomic E-state index is 12.6. The van der Waals surface area contributed by atoms with Crippen LogP contribution in [-0.4, -0.2) is 20.9 Å². The Morgan fingerprint density at radius 3 is 2.38 bits per heavy atom. The van der Waals surface area contributed by atoms with Gasteiger partial charge in [-0.25, -0.2) is 4.98 Å². The van der Waals surface area contributed by atoms with Crippen molar-refractivity contribution in [2.45, 2.75) is 12.5 Å². The molecule has 6 aromatic rings. The van der Waals surface area contributed by atoms with Crippen LogP contribution in [0, 0.1) is 0 Å². The van der Waals surface area contributed by atoms with Gasteiger partial charge in [-0.2, -0.15) is 0 Å². The van der Waals surface area contributed by atoms with E-state index in [1.54, 1.807) is 11.1 Å². The predicted octanol–water partition coefficient (Wildman–Crippen LogP) is 7.60. The Kier molecular flexibility index (Phi) is 6.82. The molecule has 3 heterocycles. The minimum Gasteiger partial charge on any atom is -0.440 e. The summed E-state index contributed by atoms with van der Waals surface area (Å²) in [4.78, 5) is 23.6. The molecule has 1 amide bonds. The summed E-state index contributed by atoms with van der Waals surface area (Å²) < 4.78 is 9.10. The highest BCUT2D eigenvalue weighted by Gasteiger charge is 2.29. The third-order valence-corrected chi connectivity index (χ3v) is 7.40. The predicted molar refractivity (Wildman–Crippen MR) is 157 cm³/mol. The summed E-state index contributed by atoms with van der Waals surface area (Å²) in [5.41, 5.74) is 5.87. The van der Waals surface area contributed by atoms with Gasteiger partial charge >= 0.3 is 0 Å². The summed E-state index contributed by atoms with van der Waals surface area (Å²) in [6.07, 6.45) is 4.90. The van der Waals surface area contributed by atoms with Gasteiger partial charge in [-0.1, -0.05) is 76.6 Å². The average Bonchev–Trinajstić information content (AvgIpc) is 3.57. The zero-order valence-corrected chi connectivity index (χ0v) is 22.8. The normalized spacial score (nSPS) is 11.9. The van der Waals surface area contributed by atoms with Crippen molar-refractivity contribution in [2.24, 2.45) is 7.05 Å². The lowest BCUT2D eigenvalue weighted by Gasteiger charge is -2.26. The lowest BCUT2D eigenvalue weighted by Crippen LogP contribution is -2.31. The van der Waals surface area contributed by atoms with Gasteiger partial charge in [-0.05, 0) is 47.0 Å². The number of fused-ring (bicyclic) bond motifs is 1. The number of nitrogens with zero attached hydrogens (tertiary/aromatic N) is 4. The first kappa shape index (κ1) is 24.8. The maximum atomic E-state index is 12.6. The fourth-order valence-corrected chi connectivity index (χ4v) is 5.28. The van der Waals surface area contributed by atoms with Crippen molar-refractivity contribution in [1.82, 2.24) is 14.5 Å². The number of amides is 1. The molecule has 0 spiro atoms. The minimum absolute atomic E-state index is 0.441. The molecule has 192 valence electrons. The van der Waals surface area contributed by atoms with Gasteiger partial charge in [0.05, 0.1) is 11.9 Å². The Bertz CT molecular complexity index is 1730. The minimum atomic E-state index is -0.441. The van der Waals surface area contributed by atoms with E-state index in [1.165, 1.54) is 5.56 Å². The van der Waals surface area contributed by atoms with Crippen molar-refractivity contribution in [3.63, 3.8) is 0 Å². The summed E-state index contributed by atoms with van der Waals surface area (Å²) in [5.74, 6) is 1.19. The summed E-state index contributed by atoms with van der Waals surface area (Å²) in [5, 5.41) is 0.904. The average molecular weight is 577 g/mol. The van der Waals surface area contributed by atoms with Crippen LogP contribution in [0.1, 0.15) is 17.6 Å². The van der Waals surface area contributed by atoms with Crippen LogP contribution >= 0.6 is 15.9 Å². The lowest BCUT2D eigenvalue weighted by molar-refractivity contribution is -0.108. The molecule has 0 aliphatic heterocycles. The van der Waals surface area contributed by atoms with E-state index in [-0.39, 0.29) is 0 Å². The van der Waals surface area contributed by atoms with Gasteiger partial charge in [0, 0.05) is 41.3 Å². The molecule has 6 nitrogen and oxygen atoms in total. The van der Waals surface area contributed by atoms with E-state index in [0.717, 1.165) is 44.6 Å². The molecule has 6 rings (SSSR count). The van der Waals surface area contributed by atoms with Crippen molar-refractivity contribution in [3.05, 3.63) is 125 Å². The molecule has 0 aliphatic rings. The number of furan rings is 1. The molecule has 0 fully saturated rings. The third kappa shape index (κ3) is 5.01. The molecule has 1 unspecified atom stereocenters. The second-order valence-corrected chi connectivity index (χ2v) is 10.2. The van der Waals surface area contributed by atoms with E-state index in [1.807, 2.05) is 78.5 Å². The number of aromatic nitrogens is 3. The summed E-state index contributed by atoms with van der Waals surface area (Å²) >= 11 is 3.51. The van der Waals surface area contributed by atoms with Gasteiger partial charge < -0.3 is 8.98 Å². The molecule has 7 heteroatoms.